The van der Waals surface area contributed by atoms with Crippen molar-refractivity contribution in [2.24, 2.45) is 5.73 Å². The molecule has 0 aliphatic rings. The number of aryl methyl sites for hydroxylation is 3. The van der Waals surface area contributed by atoms with Crippen molar-refractivity contribution in [3.05, 3.63) is 33.7 Å². The van der Waals surface area contributed by atoms with Crippen LogP contribution in [0.4, 0.5) is 0 Å². The van der Waals surface area contributed by atoms with E-state index in [4.69, 9.17) is 5.73 Å². The Hall–Kier alpha value is -0.860. The van der Waals surface area contributed by atoms with Crippen LogP contribution in [0.3, 0.4) is 0 Å². The second-order valence-corrected chi connectivity index (χ2v) is 5.39. The Morgan fingerprint density at radius 2 is 1.87 bits per heavy atom. The van der Waals surface area contributed by atoms with Gasteiger partial charge in [-0.25, -0.2) is 0 Å². The van der Waals surface area contributed by atoms with Crippen LogP contribution >= 0.6 is 11.3 Å². The van der Waals surface area contributed by atoms with Gasteiger partial charge in [-0.2, -0.15) is 0 Å². The first kappa shape index (κ1) is 10.7. The molecular formula is C13H17NS. The van der Waals surface area contributed by atoms with Gasteiger partial charge in [0.15, 0.2) is 0 Å². The predicted octanol–water partition coefficient (Wildman–Crippen LogP) is 3.85. The molecule has 15 heavy (non-hydrogen) atoms. The van der Waals surface area contributed by atoms with Gasteiger partial charge in [-0.3, -0.25) is 0 Å². The second-order valence-electron chi connectivity index (χ2n) is 4.34. The van der Waals surface area contributed by atoms with Crippen molar-refractivity contribution in [3.63, 3.8) is 0 Å². The maximum atomic E-state index is 5.98. The second kappa shape index (κ2) is 3.62. The van der Waals surface area contributed by atoms with E-state index in [2.05, 4.69) is 39.8 Å². The molecule has 80 valence electrons. The summed E-state index contributed by atoms with van der Waals surface area (Å²) in [6, 6.07) is 4.64. The van der Waals surface area contributed by atoms with E-state index in [1.54, 1.807) is 0 Å². The molecule has 0 amide bonds. The van der Waals surface area contributed by atoms with E-state index >= 15 is 0 Å². The zero-order valence-corrected chi connectivity index (χ0v) is 10.5. The van der Waals surface area contributed by atoms with E-state index in [9.17, 15) is 0 Å². The maximum absolute atomic E-state index is 5.98. The molecule has 1 aromatic heterocycles. The molecule has 0 spiro atoms. The van der Waals surface area contributed by atoms with E-state index < -0.39 is 0 Å². The van der Waals surface area contributed by atoms with Gasteiger partial charge in [-0.15, -0.1) is 11.3 Å². The molecular weight excluding hydrogens is 202 g/mol. The van der Waals surface area contributed by atoms with Crippen LogP contribution in [-0.2, 0) is 0 Å². The Morgan fingerprint density at radius 3 is 2.47 bits per heavy atom. The smallest absolute Gasteiger partial charge is 0.0378 e. The van der Waals surface area contributed by atoms with Crippen molar-refractivity contribution in [2.75, 3.05) is 0 Å². The highest BCUT2D eigenvalue weighted by Crippen LogP contribution is 2.36. The van der Waals surface area contributed by atoms with Crippen LogP contribution < -0.4 is 5.73 Å². The minimum Gasteiger partial charge on any atom is -0.323 e. The first-order valence-corrected chi connectivity index (χ1v) is 6.08. The number of thiophene rings is 1. The minimum atomic E-state index is 0.141. The van der Waals surface area contributed by atoms with Gasteiger partial charge in [0.2, 0.25) is 0 Å². The van der Waals surface area contributed by atoms with Crippen LogP contribution in [0, 0.1) is 20.8 Å². The third-order valence-corrected chi connectivity index (χ3v) is 4.46. The molecule has 1 heterocycles. The lowest BCUT2D eigenvalue weighted by atomic mass is 10.0. The zero-order chi connectivity index (χ0) is 11.2. The van der Waals surface area contributed by atoms with Crippen LogP contribution in [0.25, 0.3) is 10.1 Å². The first-order chi connectivity index (χ1) is 7.00. The van der Waals surface area contributed by atoms with Crippen molar-refractivity contribution >= 4 is 21.4 Å². The van der Waals surface area contributed by atoms with Gasteiger partial charge in [-0.1, -0.05) is 17.7 Å². The van der Waals surface area contributed by atoms with Crippen molar-refractivity contribution < 1.29 is 0 Å². The van der Waals surface area contributed by atoms with Crippen LogP contribution in [-0.4, -0.2) is 0 Å². The van der Waals surface area contributed by atoms with Crippen LogP contribution in [0.5, 0.6) is 0 Å². The quantitative estimate of drug-likeness (QED) is 0.774. The molecule has 0 bridgehead atoms. The summed E-state index contributed by atoms with van der Waals surface area (Å²) in [6.45, 7) is 8.56. The molecule has 0 saturated heterocycles. The number of hydrogen-bond acceptors (Lipinski definition) is 2. The van der Waals surface area contributed by atoms with Crippen molar-refractivity contribution in [3.8, 4) is 0 Å². The Labute approximate surface area is 94.9 Å². The maximum Gasteiger partial charge on any atom is 0.0378 e. The number of rotatable bonds is 1. The van der Waals surface area contributed by atoms with Crippen molar-refractivity contribution in [2.45, 2.75) is 33.7 Å². The standard InChI is InChI=1S/C13H17NS/c1-7-5-8(2)12-11(6-7)9(3)13(15-12)10(4)14/h5-6,10H,14H2,1-4H3. The van der Waals surface area contributed by atoms with E-state index in [0.717, 1.165) is 0 Å². The van der Waals surface area contributed by atoms with E-state index in [0.29, 0.717) is 0 Å². The molecule has 0 aliphatic heterocycles. The zero-order valence-electron chi connectivity index (χ0n) is 9.72. The van der Waals surface area contributed by atoms with Crippen LogP contribution in [0.1, 0.15) is 34.5 Å². The van der Waals surface area contributed by atoms with Gasteiger partial charge < -0.3 is 5.73 Å². The average Bonchev–Trinajstić information content (AvgIpc) is 2.44. The normalized spacial score (nSPS) is 13.4. The lowest BCUT2D eigenvalue weighted by molar-refractivity contribution is 0.832. The molecule has 0 saturated carbocycles. The fourth-order valence-electron chi connectivity index (χ4n) is 2.12. The largest absolute Gasteiger partial charge is 0.323 e. The first-order valence-electron chi connectivity index (χ1n) is 5.26. The summed E-state index contributed by atoms with van der Waals surface area (Å²) in [7, 11) is 0. The molecule has 1 nitrogen and oxygen atoms in total. The Bertz CT molecular complexity index is 509. The average molecular weight is 219 g/mol. The molecule has 0 aliphatic carbocycles. The topological polar surface area (TPSA) is 26.0 Å². The number of hydrogen-bond donors (Lipinski definition) is 1. The fraction of sp³-hybridized carbons (Fsp3) is 0.385. The molecule has 1 atom stereocenters. The van der Waals surface area contributed by atoms with E-state index in [1.807, 2.05) is 11.3 Å². The van der Waals surface area contributed by atoms with Gasteiger partial charge in [-0.05, 0) is 44.2 Å². The van der Waals surface area contributed by atoms with Gasteiger partial charge in [0.25, 0.3) is 0 Å². The van der Waals surface area contributed by atoms with E-state index in [-0.39, 0.29) is 6.04 Å². The molecule has 0 radical (unpaired) electrons. The molecule has 2 N–H and O–H groups in total. The molecule has 2 heteroatoms. The summed E-state index contributed by atoms with van der Waals surface area (Å²) < 4.78 is 1.39. The SMILES string of the molecule is Cc1cc(C)c2sc(C(C)N)c(C)c2c1. The van der Waals surface area contributed by atoms with Crippen LogP contribution in [0.15, 0.2) is 12.1 Å². The molecule has 1 unspecified atom stereocenters. The number of nitrogens with two attached hydrogens (primary N) is 1. The lowest BCUT2D eigenvalue weighted by Crippen LogP contribution is -2.03. The van der Waals surface area contributed by atoms with Gasteiger partial charge in [0.1, 0.15) is 0 Å². The Kier molecular flexibility index (Phi) is 2.57. The molecule has 1 aromatic carbocycles. The third kappa shape index (κ3) is 1.68. The molecule has 2 rings (SSSR count). The summed E-state index contributed by atoms with van der Waals surface area (Å²) in [5.41, 5.74) is 10.0. The van der Waals surface area contributed by atoms with Gasteiger partial charge >= 0.3 is 0 Å². The highest BCUT2D eigenvalue weighted by Gasteiger charge is 2.12. The summed E-state index contributed by atoms with van der Waals surface area (Å²) in [4.78, 5) is 1.32. The van der Waals surface area contributed by atoms with Gasteiger partial charge in [0.05, 0.1) is 0 Å². The highest BCUT2D eigenvalue weighted by molar-refractivity contribution is 7.19. The molecule has 0 fully saturated rings. The third-order valence-electron chi connectivity index (χ3n) is 2.82. The van der Waals surface area contributed by atoms with E-state index in [1.165, 1.54) is 31.7 Å². The van der Waals surface area contributed by atoms with Gasteiger partial charge in [0, 0.05) is 15.6 Å². The summed E-state index contributed by atoms with van der Waals surface area (Å²) in [5.74, 6) is 0. The lowest BCUT2D eigenvalue weighted by Gasteiger charge is -2.02. The Morgan fingerprint density at radius 1 is 1.20 bits per heavy atom. The number of fused-ring (bicyclic) bond motifs is 1. The molecule has 2 aromatic rings. The van der Waals surface area contributed by atoms with Crippen molar-refractivity contribution in [1.82, 2.24) is 0 Å². The summed E-state index contributed by atoms with van der Waals surface area (Å²) in [6.07, 6.45) is 0. The summed E-state index contributed by atoms with van der Waals surface area (Å²) in [5, 5.41) is 1.38. The van der Waals surface area contributed by atoms with Crippen LogP contribution in [0.2, 0.25) is 0 Å². The summed E-state index contributed by atoms with van der Waals surface area (Å²) >= 11 is 1.84. The Balaban J connectivity index is 2.82. The highest BCUT2D eigenvalue weighted by atomic mass is 32.1. The predicted molar refractivity (Wildman–Crippen MR) is 68.6 cm³/mol. The minimum absolute atomic E-state index is 0.141. The fourth-order valence-corrected chi connectivity index (χ4v) is 3.33. The number of benzene rings is 1. The monoisotopic (exact) mass is 219 g/mol. The van der Waals surface area contributed by atoms with Crippen molar-refractivity contribution in [1.29, 1.82) is 0 Å².